The quantitative estimate of drug-likeness (QED) is 0.769. The van der Waals surface area contributed by atoms with Crippen LogP contribution >= 0.6 is 0 Å². The lowest BCUT2D eigenvalue weighted by Gasteiger charge is -2.10. The van der Waals surface area contributed by atoms with E-state index in [1.807, 2.05) is 26.0 Å². The SMILES string of the molecule is Cc1ccc(NC(=O)COC(=O)c2cc(S(N)(=O)=O)ccc2F)c(C)c1. The standard InChI is InChI=1S/C17H17FN2O5S/c1-10-3-6-15(11(2)7-10)20-16(21)9-25-17(22)13-8-12(26(19,23)24)4-5-14(13)18/h3-8H,9H2,1-2H3,(H,20,21)(H2,19,23,24). The number of sulfonamides is 1. The van der Waals surface area contributed by atoms with Crippen molar-refractivity contribution in [1.82, 2.24) is 0 Å². The number of hydrogen-bond acceptors (Lipinski definition) is 5. The Balaban J connectivity index is 2.05. The first-order chi connectivity index (χ1) is 12.1. The van der Waals surface area contributed by atoms with Crippen molar-refractivity contribution in [2.24, 2.45) is 5.14 Å². The van der Waals surface area contributed by atoms with E-state index in [4.69, 9.17) is 9.88 Å². The minimum atomic E-state index is -4.11. The number of nitrogens with two attached hydrogens (primary N) is 1. The molecule has 9 heteroatoms. The third-order valence-electron chi connectivity index (χ3n) is 3.48. The third kappa shape index (κ3) is 4.87. The number of rotatable bonds is 5. The van der Waals surface area contributed by atoms with Crippen LogP contribution in [0, 0.1) is 19.7 Å². The second kappa shape index (κ2) is 7.63. The van der Waals surface area contributed by atoms with Crippen molar-refractivity contribution < 1.29 is 27.1 Å². The van der Waals surface area contributed by atoms with Crippen LogP contribution in [-0.2, 0) is 19.6 Å². The molecule has 0 aliphatic carbocycles. The van der Waals surface area contributed by atoms with Gasteiger partial charge in [0.25, 0.3) is 5.91 Å². The van der Waals surface area contributed by atoms with Gasteiger partial charge < -0.3 is 10.1 Å². The van der Waals surface area contributed by atoms with Crippen molar-refractivity contribution >= 4 is 27.6 Å². The van der Waals surface area contributed by atoms with E-state index in [9.17, 15) is 22.4 Å². The summed E-state index contributed by atoms with van der Waals surface area (Å²) in [7, 11) is -4.11. The average molecular weight is 380 g/mol. The molecule has 0 aliphatic heterocycles. The van der Waals surface area contributed by atoms with Crippen molar-refractivity contribution in [1.29, 1.82) is 0 Å². The Bertz CT molecular complexity index is 973. The summed E-state index contributed by atoms with van der Waals surface area (Å²) in [6.07, 6.45) is 0. The molecule has 0 fully saturated rings. The molecule has 0 aliphatic rings. The first-order valence-corrected chi connectivity index (χ1v) is 8.99. The minimum Gasteiger partial charge on any atom is -0.452 e. The van der Waals surface area contributed by atoms with Gasteiger partial charge >= 0.3 is 5.97 Å². The normalized spacial score (nSPS) is 11.1. The highest BCUT2D eigenvalue weighted by molar-refractivity contribution is 7.89. The van der Waals surface area contributed by atoms with Gasteiger partial charge in [0.05, 0.1) is 10.5 Å². The monoisotopic (exact) mass is 380 g/mol. The predicted molar refractivity (Wildman–Crippen MR) is 92.6 cm³/mol. The van der Waals surface area contributed by atoms with E-state index in [1.165, 1.54) is 0 Å². The number of aryl methyl sites for hydroxylation is 2. The molecule has 0 bridgehead atoms. The maximum Gasteiger partial charge on any atom is 0.341 e. The summed E-state index contributed by atoms with van der Waals surface area (Å²) < 4.78 is 41.0. The van der Waals surface area contributed by atoms with Crippen molar-refractivity contribution in [3.05, 3.63) is 58.9 Å². The van der Waals surface area contributed by atoms with E-state index < -0.39 is 44.8 Å². The summed E-state index contributed by atoms with van der Waals surface area (Å²) in [6, 6.07) is 7.85. The minimum absolute atomic E-state index is 0.439. The Kier molecular flexibility index (Phi) is 5.73. The summed E-state index contributed by atoms with van der Waals surface area (Å²) in [5, 5.41) is 7.51. The molecule has 2 rings (SSSR count). The lowest BCUT2D eigenvalue weighted by Crippen LogP contribution is -2.22. The van der Waals surface area contributed by atoms with Crippen LogP contribution in [0.1, 0.15) is 21.5 Å². The number of hydrogen-bond donors (Lipinski definition) is 2. The Hall–Kier alpha value is -2.78. The first kappa shape index (κ1) is 19.5. The van der Waals surface area contributed by atoms with E-state index >= 15 is 0 Å². The van der Waals surface area contributed by atoms with Gasteiger partial charge in [0, 0.05) is 5.69 Å². The number of amides is 1. The maximum atomic E-state index is 13.7. The lowest BCUT2D eigenvalue weighted by molar-refractivity contribution is -0.119. The van der Waals surface area contributed by atoms with E-state index in [0.29, 0.717) is 5.69 Å². The highest BCUT2D eigenvalue weighted by atomic mass is 32.2. The molecule has 2 aromatic carbocycles. The zero-order chi connectivity index (χ0) is 19.5. The fourth-order valence-corrected chi connectivity index (χ4v) is 2.73. The molecule has 0 saturated heterocycles. The van der Waals surface area contributed by atoms with Crippen molar-refractivity contribution in [2.75, 3.05) is 11.9 Å². The summed E-state index contributed by atoms with van der Waals surface area (Å²) >= 11 is 0. The molecule has 2 aromatic rings. The van der Waals surface area contributed by atoms with Gasteiger partial charge in [-0.1, -0.05) is 17.7 Å². The van der Waals surface area contributed by atoms with Crippen LogP contribution in [0.25, 0.3) is 0 Å². The molecule has 1 amide bonds. The third-order valence-corrected chi connectivity index (χ3v) is 4.39. The van der Waals surface area contributed by atoms with E-state index in [0.717, 1.165) is 29.3 Å². The van der Waals surface area contributed by atoms with Crippen LogP contribution < -0.4 is 10.5 Å². The number of carbonyl (C=O) groups is 2. The van der Waals surface area contributed by atoms with E-state index in [2.05, 4.69) is 5.32 Å². The summed E-state index contributed by atoms with van der Waals surface area (Å²) in [6.45, 7) is 3.05. The smallest absolute Gasteiger partial charge is 0.341 e. The number of primary sulfonamides is 1. The topological polar surface area (TPSA) is 116 Å². The molecule has 0 saturated carbocycles. The van der Waals surface area contributed by atoms with Crippen LogP contribution in [0.2, 0.25) is 0 Å². The predicted octanol–water partition coefficient (Wildman–Crippen LogP) is 1.89. The number of nitrogens with one attached hydrogen (secondary N) is 1. The Labute approximate surface area is 150 Å². The van der Waals surface area contributed by atoms with Crippen molar-refractivity contribution in [2.45, 2.75) is 18.7 Å². The highest BCUT2D eigenvalue weighted by Crippen LogP contribution is 2.17. The first-order valence-electron chi connectivity index (χ1n) is 7.44. The summed E-state index contributed by atoms with van der Waals surface area (Å²) in [4.78, 5) is 23.4. The molecule has 0 spiro atoms. The zero-order valence-electron chi connectivity index (χ0n) is 14.1. The van der Waals surface area contributed by atoms with Gasteiger partial charge in [0.1, 0.15) is 5.82 Å². The Morgan fingerprint density at radius 1 is 1.15 bits per heavy atom. The second-order valence-corrected chi connectivity index (χ2v) is 7.19. The molecule has 7 nitrogen and oxygen atoms in total. The molecule has 0 unspecified atom stereocenters. The molecule has 0 heterocycles. The molecule has 0 atom stereocenters. The van der Waals surface area contributed by atoms with Crippen LogP contribution in [0.15, 0.2) is 41.3 Å². The van der Waals surface area contributed by atoms with Crippen LogP contribution in [0.3, 0.4) is 0 Å². The molecule has 138 valence electrons. The van der Waals surface area contributed by atoms with E-state index in [1.54, 1.807) is 6.07 Å². The van der Waals surface area contributed by atoms with Gasteiger partial charge in [0.2, 0.25) is 10.0 Å². The Morgan fingerprint density at radius 3 is 2.46 bits per heavy atom. The fraction of sp³-hybridized carbons (Fsp3) is 0.176. The number of benzene rings is 2. The van der Waals surface area contributed by atoms with Gasteiger partial charge in [-0.25, -0.2) is 22.7 Å². The van der Waals surface area contributed by atoms with Crippen LogP contribution in [-0.4, -0.2) is 26.9 Å². The average Bonchev–Trinajstić information content (AvgIpc) is 2.54. The second-order valence-electron chi connectivity index (χ2n) is 5.63. The molecular formula is C17H17FN2O5S. The number of ether oxygens (including phenoxy) is 1. The highest BCUT2D eigenvalue weighted by Gasteiger charge is 2.19. The zero-order valence-corrected chi connectivity index (χ0v) is 14.9. The van der Waals surface area contributed by atoms with Crippen LogP contribution in [0.4, 0.5) is 10.1 Å². The molecule has 26 heavy (non-hydrogen) atoms. The number of carbonyl (C=O) groups excluding carboxylic acids is 2. The van der Waals surface area contributed by atoms with Crippen molar-refractivity contribution in [3.63, 3.8) is 0 Å². The Morgan fingerprint density at radius 2 is 1.85 bits per heavy atom. The molecule has 0 radical (unpaired) electrons. The number of esters is 1. The molecule has 3 N–H and O–H groups in total. The van der Waals surface area contributed by atoms with Crippen molar-refractivity contribution in [3.8, 4) is 0 Å². The van der Waals surface area contributed by atoms with Gasteiger partial charge in [-0.05, 0) is 43.7 Å². The maximum absolute atomic E-state index is 13.7. The molecule has 0 aromatic heterocycles. The van der Waals surface area contributed by atoms with Gasteiger partial charge in [-0.15, -0.1) is 0 Å². The van der Waals surface area contributed by atoms with Crippen LogP contribution in [0.5, 0.6) is 0 Å². The largest absolute Gasteiger partial charge is 0.452 e. The van der Waals surface area contributed by atoms with Gasteiger partial charge in [-0.2, -0.15) is 0 Å². The fourth-order valence-electron chi connectivity index (χ4n) is 2.19. The van der Waals surface area contributed by atoms with Gasteiger partial charge in [0.15, 0.2) is 6.61 Å². The van der Waals surface area contributed by atoms with Gasteiger partial charge in [-0.3, -0.25) is 4.79 Å². The lowest BCUT2D eigenvalue weighted by atomic mass is 10.1. The summed E-state index contributed by atoms with van der Waals surface area (Å²) in [5.74, 6) is -2.78. The number of anilines is 1. The van der Waals surface area contributed by atoms with E-state index in [-0.39, 0.29) is 0 Å². The molecular weight excluding hydrogens is 363 g/mol. The summed E-state index contributed by atoms with van der Waals surface area (Å²) in [5.41, 5.74) is 1.78. The number of halogens is 1.